The third kappa shape index (κ3) is 1.53. The van der Waals surface area contributed by atoms with Crippen LogP contribution in [0.5, 0.6) is 0 Å². The lowest BCUT2D eigenvalue weighted by molar-refractivity contribution is 0.101. The normalized spacial score (nSPS) is 13.3. The van der Waals surface area contributed by atoms with Crippen molar-refractivity contribution >= 4 is 17.4 Å². The van der Waals surface area contributed by atoms with E-state index in [9.17, 15) is 4.79 Å². The van der Waals surface area contributed by atoms with Gasteiger partial charge in [0.1, 0.15) is 11.9 Å². The second-order valence-electron chi connectivity index (χ2n) is 4.16. The van der Waals surface area contributed by atoms with Gasteiger partial charge in [-0.15, -0.1) is 0 Å². The molecule has 90 valence electrons. The summed E-state index contributed by atoms with van der Waals surface area (Å²) in [6, 6.07) is 15.8. The van der Waals surface area contributed by atoms with Crippen LogP contribution in [0.2, 0.25) is 0 Å². The molecule has 4 nitrogen and oxygen atoms in total. The number of anilines is 1. The van der Waals surface area contributed by atoms with Crippen molar-refractivity contribution in [1.29, 1.82) is 10.7 Å². The maximum Gasteiger partial charge on any atom is 0.264 e. The minimum Gasteiger partial charge on any atom is -0.283 e. The van der Waals surface area contributed by atoms with E-state index in [-0.39, 0.29) is 11.7 Å². The fourth-order valence-electron chi connectivity index (χ4n) is 2.21. The van der Waals surface area contributed by atoms with E-state index < -0.39 is 0 Å². The molecule has 1 aliphatic rings. The summed E-state index contributed by atoms with van der Waals surface area (Å²) < 4.78 is 0. The number of para-hydroxylation sites is 1. The van der Waals surface area contributed by atoms with Crippen LogP contribution in [0.1, 0.15) is 21.5 Å². The molecular formula is C15H9N3O. The molecule has 0 unspecified atom stereocenters. The number of amidine groups is 1. The zero-order chi connectivity index (χ0) is 13.4. The van der Waals surface area contributed by atoms with E-state index in [1.54, 1.807) is 48.5 Å². The number of benzene rings is 2. The van der Waals surface area contributed by atoms with Crippen molar-refractivity contribution in [1.82, 2.24) is 0 Å². The van der Waals surface area contributed by atoms with Crippen molar-refractivity contribution in [3.8, 4) is 6.07 Å². The Bertz CT molecular complexity index is 708. The number of amides is 1. The van der Waals surface area contributed by atoms with Gasteiger partial charge in [-0.05, 0) is 18.2 Å². The van der Waals surface area contributed by atoms with Gasteiger partial charge in [-0.3, -0.25) is 15.1 Å². The molecule has 0 saturated heterocycles. The van der Waals surface area contributed by atoms with Crippen molar-refractivity contribution in [3.63, 3.8) is 0 Å². The van der Waals surface area contributed by atoms with Crippen LogP contribution in [0.4, 0.5) is 5.69 Å². The van der Waals surface area contributed by atoms with Gasteiger partial charge < -0.3 is 0 Å². The summed E-state index contributed by atoms with van der Waals surface area (Å²) in [4.78, 5) is 13.6. The highest BCUT2D eigenvalue weighted by Crippen LogP contribution is 2.30. The van der Waals surface area contributed by atoms with Crippen LogP contribution in [0, 0.1) is 16.7 Å². The first-order valence-corrected chi connectivity index (χ1v) is 5.75. The lowest BCUT2D eigenvalue weighted by Crippen LogP contribution is -2.30. The third-order valence-electron chi connectivity index (χ3n) is 3.10. The van der Waals surface area contributed by atoms with E-state index in [0.717, 1.165) is 0 Å². The lowest BCUT2D eigenvalue weighted by atomic mass is 10.1. The smallest absolute Gasteiger partial charge is 0.264 e. The van der Waals surface area contributed by atoms with Gasteiger partial charge in [-0.25, -0.2) is 0 Å². The number of nitrogens with zero attached hydrogens (tertiary/aromatic N) is 2. The van der Waals surface area contributed by atoms with E-state index in [2.05, 4.69) is 0 Å². The van der Waals surface area contributed by atoms with Crippen LogP contribution < -0.4 is 4.90 Å². The quantitative estimate of drug-likeness (QED) is 0.841. The Balaban J connectivity index is 2.18. The SMILES string of the molecule is N#Cc1ccccc1N1C(=N)c2ccccc2C1=O. The molecule has 0 radical (unpaired) electrons. The summed E-state index contributed by atoms with van der Waals surface area (Å²) >= 11 is 0. The Morgan fingerprint density at radius 2 is 1.63 bits per heavy atom. The molecule has 0 spiro atoms. The van der Waals surface area contributed by atoms with Gasteiger partial charge in [-0.1, -0.05) is 30.3 Å². The minimum absolute atomic E-state index is 0.114. The number of nitrogens with one attached hydrogen (secondary N) is 1. The number of rotatable bonds is 1. The average molecular weight is 247 g/mol. The van der Waals surface area contributed by atoms with E-state index in [0.29, 0.717) is 22.4 Å². The van der Waals surface area contributed by atoms with Gasteiger partial charge in [0, 0.05) is 5.56 Å². The number of nitriles is 1. The van der Waals surface area contributed by atoms with Gasteiger partial charge in [-0.2, -0.15) is 5.26 Å². The summed E-state index contributed by atoms with van der Waals surface area (Å²) in [6.07, 6.45) is 0. The molecule has 2 aromatic rings. The lowest BCUT2D eigenvalue weighted by Gasteiger charge is -2.17. The van der Waals surface area contributed by atoms with Crippen molar-refractivity contribution in [2.45, 2.75) is 0 Å². The molecule has 0 fully saturated rings. The van der Waals surface area contributed by atoms with Crippen LogP contribution in [0.15, 0.2) is 48.5 Å². The van der Waals surface area contributed by atoms with Crippen LogP contribution in [0.25, 0.3) is 0 Å². The topological polar surface area (TPSA) is 68.0 Å². The molecule has 0 aliphatic carbocycles. The molecule has 0 aromatic heterocycles. The minimum atomic E-state index is -0.261. The number of hydrogen-bond acceptors (Lipinski definition) is 3. The largest absolute Gasteiger partial charge is 0.283 e. The number of hydrogen-bond donors (Lipinski definition) is 1. The van der Waals surface area contributed by atoms with Crippen molar-refractivity contribution in [3.05, 3.63) is 65.2 Å². The third-order valence-corrected chi connectivity index (χ3v) is 3.10. The van der Waals surface area contributed by atoms with Crippen molar-refractivity contribution < 1.29 is 4.79 Å². The molecule has 4 heteroatoms. The van der Waals surface area contributed by atoms with Crippen molar-refractivity contribution in [2.75, 3.05) is 4.90 Å². The monoisotopic (exact) mass is 247 g/mol. The molecule has 1 amide bonds. The van der Waals surface area contributed by atoms with Crippen LogP contribution >= 0.6 is 0 Å². The number of carbonyl (C=O) groups is 1. The molecule has 3 rings (SSSR count). The molecule has 1 aliphatic heterocycles. The average Bonchev–Trinajstić information content (AvgIpc) is 2.71. The van der Waals surface area contributed by atoms with E-state index >= 15 is 0 Å². The highest BCUT2D eigenvalue weighted by molar-refractivity contribution is 6.35. The summed E-state index contributed by atoms with van der Waals surface area (Å²) in [5.41, 5.74) is 1.94. The Morgan fingerprint density at radius 1 is 1.00 bits per heavy atom. The molecule has 1 N–H and O–H groups in total. The predicted molar refractivity (Wildman–Crippen MR) is 71.2 cm³/mol. The van der Waals surface area contributed by atoms with Gasteiger partial charge in [0.25, 0.3) is 5.91 Å². The fraction of sp³-hybridized carbons (Fsp3) is 0. The second-order valence-corrected chi connectivity index (χ2v) is 4.16. The maximum atomic E-state index is 12.4. The molecule has 0 bridgehead atoms. The Labute approximate surface area is 110 Å². The number of fused-ring (bicyclic) bond motifs is 1. The molecule has 2 aromatic carbocycles. The van der Waals surface area contributed by atoms with Gasteiger partial charge in [0.15, 0.2) is 0 Å². The van der Waals surface area contributed by atoms with Gasteiger partial charge in [0.2, 0.25) is 0 Å². The van der Waals surface area contributed by atoms with Crippen LogP contribution in [0.3, 0.4) is 0 Å². The van der Waals surface area contributed by atoms with E-state index in [1.807, 2.05) is 6.07 Å². The zero-order valence-corrected chi connectivity index (χ0v) is 9.92. The molecule has 0 atom stereocenters. The molecule has 0 saturated carbocycles. The zero-order valence-electron chi connectivity index (χ0n) is 9.92. The van der Waals surface area contributed by atoms with Gasteiger partial charge >= 0.3 is 0 Å². The first kappa shape index (κ1) is 11.2. The molecular weight excluding hydrogens is 238 g/mol. The summed E-state index contributed by atoms with van der Waals surface area (Å²) in [7, 11) is 0. The second kappa shape index (κ2) is 4.07. The summed E-state index contributed by atoms with van der Waals surface area (Å²) in [5.74, 6) is -0.147. The highest BCUT2D eigenvalue weighted by Gasteiger charge is 2.34. The van der Waals surface area contributed by atoms with Crippen LogP contribution in [-0.2, 0) is 0 Å². The van der Waals surface area contributed by atoms with Gasteiger partial charge in [0.05, 0.1) is 16.8 Å². The Hall–Kier alpha value is -2.93. The molecule has 19 heavy (non-hydrogen) atoms. The molecule has 1 heterocycles. The Kier molecular flexibility index (Phi) is 2.39. The Morgan fingerprint density at radius 3 is 2.32 bits per heavy atom. The van der Waals surface area contributed by atoms with E-state index in [4.69, 9.17) is 10.7 Å². The number of carbonyl (C=O) groups excluding carboxylic acids is 1. The van der Waals surface area contributed by atoms with Crippen molar-refractivity contribution in [2.24, 2.45) is 0 Å². The maximum absolute atomic E-state index is 12.4. The standard InChI is InChI=1S/C15H9N3O/c16-9-10-5-1-4-8-13(10)18-14(17)11-6-2-3-7-12(11)15(18)19/h1-8,17H. The van der Waals surface area contributed by atoms with Crippen LogP contribution in [-0.4, -0.2) is 11.7 Å². The predicted octanol–water partition coefficient (Wildman–Crippen LogP) is 2.54. The first-order valence-electron chi connectivity index (χ1n) is 5.75. The first-order chi connectivity index (χ1) is 9.24. The van der Waals surface area contributed by atoms with E-state index in [1.165, 1.54) is 4.90 Å². The fourth-order valence-corrected chi connectivity index (χ4v) is 2.21. The summed E-state index contributed by atoms with van der Waals surface area (Å²) in [6.45, 7) is 0. The highest BCUT2D eigenvalue weighted by atomic mass is 16.2. The summed E-state index contributed by atoms with van der Waals surface area (Å²) in [5, 5.41) is 17.2.